The molecule has 502 valence electrons. The van der Waals surface area contributed by atoms with Gasteiger partial charge in [0.05, 0.1) is 25.4 Å². The predicted octanol–water partition coefficient (Wildman–Crippen LogP) is 20.7. The van der Waals surface area contributed by atoms with Crippen LogP contribution in [0.25, 0.3) is 0 Å². The van der Waals surface area contributed by atoms with E-state index in [1.165, 1.54) is 250 Å². The third kappa shape index (κ3) is 53.5. The van der Waals surface area contributed by atoms with Gasteiger partial charge in [-0.3, -0.25) is 4.79 Å². The zero-order valence-electron chi connectivity index (χ0n) is 56.3. The first-order chi connectivity index (χ1) is 42.3. The minimum Gasteiger partial charge on any atom is -0.394 e. The number of hydrogen-bond acceptors (Lipinski definition) is 8. The fourth-order valence-corrected chi connectivity index (χ4v) is 11.8. The molecule has 86 heavy (non-hydrogen) atoms. The summed E-state index contributed by atoms with van der Waals surface area (Å²) in [7, 11) is 0. The smallest absolute Gasteiger partial charge is 0.220 e. The molecule has 1 aliphatic heterocycles. The van der Waals surface area contributed by atoms with E-state index in [-0.39, 0.29) is 12.5 Å². The van der Waals surface area contributed by atoms with Crippen LogP contribution in [0.2, 0.25) is 0 Å². The SMILES string of the molecule is CC/C=C\C/C=C\C/C=C\C/C=C\C/C=C\C/C=C\CCCCCCCCCCCCCCCCC(=O)NC(COC1OC(CO)C(O)C(O)C1O)C(O)CCCCCCCCCCCCCCCCCCCCCCCCCCCCCCCC. The Kier molecular flexibility index (Phi) is 62.3. The Hall–Kier alpha value is -2.37. The molecule has 9 nitrogen and oxygen atoms in total. The molecule has 7 unspecified atom stereocenters. The van der Waals surface area contributed by atoms with Gasteiger partial charge in [0.2, 0.25) is 5.91 Å². The van der Waals surface area contributed by atoms with Crippen LogP contribution in [-0.2, 0) is 14.3 Å². The maximum atomic E-state index is 13.2. The van der Waals surface area contributed by atoms with Crippen molar-refractivity contribution in [3.63, 3.8) is 0 Å². The number of unbranched alkanes of at least 4 members (excludes halogenated alkanes) is 43. The molecule has 1 fully saturated rings. The second-order valence-corrected chi connectivity index (χ2v) is 25.7. The molecule has 0 aliphatic carbocycles. The normalized spacial score (nSPS) is 18.4. The molecule has 6 N–H and O–H groups in total. The molecule has 1 amide bonds. The number of ether oxygens (including phenoxy) is 2. The van der Waals surface area contributed by atoms with Gasteiger partial charge in [0.15, 0.2) is 6.29 Å². The monoisotopic (exact) mass is 1210 g/mol. The van der Waals surface area contributed by atoms with Crippen LogP contribution in [0.5, 0.6) is 0 Å². The van der Waals surface area contributed by atoms with E-state index in [1.54, 1.807) is 0 Å². The molecule has 0 aromatic carbocycles. The maximum absolute atomic E-state index is 13.2. The van der Waals surface area contributed by atoms with Crippen molar-refractivity contribution in [3.8, 4) is 0 Å². The third-order valence-corrected chi connectivity index (χ3v) is 17.6. The Bertz CT molecular complexity index is 1590. The van der Waals surface area contributed by atoms with Crippen LogP contribution in [-0.4, -0.2) is 87.5 Å². The van der Waals surface area contributed by atoms with E-state index in [4.69, 9.17) is 9.47 Å². The van der Waals surface area contributed by atoms with E-state index in [1.807, 2.05) is 0 Å². The van der Waals surface area contributed by atoms with Gasteiger partial charge in [-0.1, -0.05) is 356 Å². The number of amides is 1. The number of hydrogen-bond donors (Lipinski definition) is 6. The standard InChI is InChI=1S/C77H141NO8/c1-3-5-7-9-11-13-15-17-19-21-23-25-27-29-31-33-35-36-37-39-41-43-45-47-49-51-53-55-57-59-61-63-65-67-73(81)78-70(69-85-77-76(84)75(83)74(82)72(68-79)86-77)71(80)66-64-62-60-58-56-54-52-50-48-46-44-42-40-38-34-32-30-28-26-24-22-20-18-16-14-12-10-8-6-4-2/h5,7,11,13,17,19,23,25,29,31,35-36,70-72,74-77,79-80,82-84H,3-4,6,8-10,12,14-16,18,20-22,24,26-28,30,32-34,37-69H2,1-2H3,(H,78,81)/b7-5-,13-11-,19-17-,25-23-,31-29-,36-35-. The van der Waals surface area contributed by atoms with Crippen LogP contribution < -0.4 is 5.32 Å². The van der Waals surface area contributed by atoms with Crippen molar-refractivity contribution in [3.05, 3.63) is 72.9 Å². The zero-order valence-corrected chi connectivity index (χ0v) is 56.3. The molecular weight excluding hydrogens is 1070 g/mol. The summed E-state index contributed by atoms with van der Waals surface area (Å²) >= 11 is 0. The lowest BCUT2D eigenvalue weighted by Crippen LogP contribution is -2.60. The third-order valence-electron chi connectivity index (χ3n) is 17.6. The number of aliphatic hydroxyl groups excluding tert-OH is 5. The summed E-state index contributed by atoms with van der Waals surface area (Å²) in [4.78, 5) is 13.2. The van der Waals surface area contributed by atoms with Gasteiger partial charge in [0.1, 0.15) is 24.4 Å². The molecule has 0 spiro atoms. The summed E-state index contributed by atoms with van der Waals surface area (Å²) in [6.45, 7) is 3.77. The summed E-state index contributed by atoms with van der Waals surface area (Å²) in [5.41, 5.74) is 0. The second kappa shape index (κ2) is 65.6. The van der Waals surface area contributed by atoms with Crippen molar-refractivity contribution >= 4 is 5.91 Å². The van der Waals surface area contributed by atoms with Gasteiger partial charge in [0.25, 0.3) is 0 Å². The van der Waals surface area contributed by atoms with Crippen molar-refractivity contribution in [1.82, 2.24) is 5.32 Å². The quantitative estimate of drug-likeness (QED) is 0.0261. The van der Waals surface area contributed by atoms with Gasteiger partial charge in [-0.25, -0.2) is 0 Å². The highest BCUT2D eigenvalue weighted by atomic mass is 16.7. The summed E-state index contributed by atoms with van der Waals surface area (Å²) < 4.78 is 11.4. The predicted molar refractivity (Wildman–Crippen MR) is 369 cm³/mol. The second-order valence-electron chi connectivity index (χ2n) is 25.7. The molecule has 7 atom stereocenters. The highest BCUT2D eigenvalue weighted by molar-refractivity contribution is 5.76. The van der Waals surface area contributed by atoms with E-state index in [0.717, 1.165) is 77.0 Å². The van der Waals surface area contributed by atoms with E-state index in [9.17, 15) is 30.3 Å². The van der Waals surface area contributed by atoms with Gasteiger partial charge in [-0.05, 0) is 64.2 Å². The number of carbonyl (C=O) groups excluding carboxylic acids is 1. The first-order valence-electron chi connectivity index (χ1n) is 37.1. The van der Waals surface area contributed by atoms with Gasteiger partial charge in [-0.15, -0.1) is 0 Å². The first kappa shape index (κ1) is 81.6. The first-order valence-corrected chi connectivity index (χ1v) is 37.1. The fraction of sp³-hybridized carbons (Fsp3) is 0.831. The average Bonchev–Trinajstić information content (AvgIpc) is 2.60. The van der Waals surface area contributed by atoms with E-state index in [0.29, 0.717) is 12.8 Å². The van der Waals surface area contributed by atoms with Crippen molar-refractivity contribution in [2.45, 2.75) is 397 Å². The Morgan fingerprint density at radius 2 is 0.721 bits per heavy atom. The Morgan fingerprint density at radius 3 is 1.07 bits per heavy atom. The molecule has 0 radical (unpaired) electrons. The number of aliphatic hydroxyl groups is 5. The molecular formula is C77H141NO8. The van der Waals surface area contributed by atoms with Crippen LogP contribution in [0.4, 0.5) is 0 Å². The Morgan fingerprint density at radius 1 is 0.407 bits per heavy atom. The molecule has 1 rings (SSSR count). The molecule has 0 aromatic rings. The number of nitrogens with one attached hydrogen (secondary N) is 1. The summed E-state index contributed by atoms with van der Waals surface area (Å²) in [6.07, 6.45) is 85.5. The topological polar surface area (TPSA) is 149 Å². The lowest BCUT2D eigenvalue weighted by atomic mass is 9.99. The molecule has 1 heterocycles. The van der Waals surface area contributed by atoms with Crippen LogP contribution in [0, 0.1) is 0 Å². The molecule has 1 saturated heterocycles. The number of rotatable bonds is 65. The Labute approximate surface area is 531 Å². The van der Waals surface area contributed by atoms with Crippen molar-refractivity contribution in [2.75, 3.05) is 13.2 Å². The van der Waals surface area contributed by atoms with Crippen molar-refractivity contribution in [1.29, 1.82) is 0 Å². The molecule has 0 saturated carbocycles. The van der Waals surface area contributed by atoms with E-state index >= 15 is 0 Å². The zero-order chi connectivity index (χ0) is 62.1. The largest absolute Gasteiger partial charge is 0.394 e. The van der Waals surface area contributed by atoms with Crippen molar-refractivity contribution < 1.29 is 39.8 Å². The average molecular weight is 1210 g/mol. The number of allylic oxidation sites excluding steroid dienone is 12. The molecule has 0 aromatic heterocycles. The minimum atomic E-state index is -1.56. The molecule has 1 aliphatic rings. The van der Waals surface area contributed by atoms with Gasteiger partial charge < -0.3 is 40.3 Å². The van der Waals surface area contributed by atoms with Gasteiger partial charge in [-0.2, -0.15) is 0 Å². The van der Waals surface area contributed by atoms with Crippen LogP contribution in [0.15, 0.2) is 72.9 Å². The highest BCUT2D eigenvalue weighted by Gasteiger charge is 2.44. The van der Waals surface area contributed by atoms with E-state index in [2.05, 4.69) is 92.1 Å². The van der Waals surface area contributed by atoms with Crippen LogP contribution >= 0.6 is 0 Å². The van der Waals surface area contributed by atoms with Crippen LogP contribution in [0.1, 0.15) is 354 Å². The minimum absolute atomic E-state index is 0.138. The summed E-state index contributed by atoms with van der Waals surface area (Å²) in [6, 6.07) is -0.724. The fourth-order valence-electron chi connectivity index (χ4n) is 11.8. The lowest BCUT2D eigenvalue weighted by Gasteiger charge is -2.40. The van der Waals surface area contributed by atoms with Crippen LogP contribution in [0.3, 0.4) is 0 Å². The Balaban J connectivity index is 2.10. The summed E-state index contributed by atoms with van der Waals surface area (Å²) in [5.74, 6) is -0.142. The number of carbonyl (C=O) groups is 1. The van der Waals surface area contributed by atoms with Gasteiger partial charge >= 0.3 is 0 Å². The highest BCUT2D eigenvalue weighted by Crippen LogP contribution is 2.24. The van der Waals surface area contributed by atoms with Crippen molar-refractivity contribution in [2.24, 2.45) is 0 Å². The molecule has 0 bridgehead atoms. The molecule has 9 heteroatoms. The van der Waals surface area contributed by atoms with Gasteiger partial charge in [0, 0.05) is 6.42 Å². The lowest BCUT2D eigenvalue weighted by molar-refractivity contribution is -0.302. The maximum Gasteiger partial charge on any atom is 0.220 e. The van der Waals surface area contributed by atoms with E-state index < -0.39 is 49.5 Å². The summed E-state index contributed by atoms with van der Waals surface area (Å²) in [5, 5.41) is 55.0.